The predicted molar refractivity (Wildman–Crippen MR) is 91.0 cm³/mol. The second-order valence-electron chi connectivity index (χ2n) is 6.29. The summed E-state index contributed by atoms with van der Waals surface area (Å²) in [6.07, 6.45) is 2.00. The molecular formula is C19H28N2Pd. The van der Waals surface area contributed by atoms with Gasteiger partial charge in [0.05, 0.1) is 5.69 Å². The monoisotopic (exact) mass is 390 g/mol. The molecule has 0 amide bonds. The molecule has 0 N–H and O–H groups in total. The molecule has 0 spiro atoms. The van der Waals surface area contributed by atoms with E-state index in [1.807, 2.05) is 0 Å². The molecule has 2 aromatic rings. The van der Waals surface area contributed by atoms with Crippen LogP contribution in [0.15, 0.2) is 12.1 Å². The largest absolute Gasteiger partial charge is 0.266 e. The normalized spacial score (nSPS) is 10.9. The van der Waals surface area contributed by atoms with Gasteiger partial charge in [-0.1, -0.05) is 31.5 Å². The SMILES string of the molecule is CCc1nn(C(C)C)c(CC)c1-c1c(C)cc(C)cc1C.[Pd]. The van der Waals surface area contributed by atoms with Crippen LogP contribution in [-0.4, -0.2) is 9.78 Å². The summed E-state index contributed by atoms with van der Waals surface area (Å²) in [6, 6.07) is 4.98. The first kappa shape index (κ1) is 19.1. The fourth-order valence-electron chi connectivity index (χ4n) is 3.40. The van der Waals surface area contributed by atoms with Gasteiger partial charge in [-0.2, -0.15) is 5.10 Å². The third-order valence-electron chi connectivity index (χ3n) is 4.17. The van der Waals surface area contributed by atoms with Crippen LogP contribution in [0.2, 0.25) is 0 Å². The molecule has 1 aromatic heterocycles. The Bertz CT molecular complexity index is 631. The molecule has 0 aliphatic rings. The van der Waals surface area contributed by atoms with E-state index in [1.165, 1.54) is 39.2 Å². The summed E-state index contributed by atoms with van der Waals surface area (Å²) in [6.45, 7) is 15.5. The number of rotatable bonds is 4. The molecule has 22 heavy (non-hydrogen) atoms. The van der Waals surface area contributed by atoms with Crippen molar-refractivity contribution in [3.8, 4) is 11.1 Å². The van der Waals surface area contributed by atoms with E-state index in [1.54, 1.807) is 0 Å². The fraction of sp³-hybridized carbons (Fsp3) is 0.526. The van der Waals surface area contributed by atoms with Crippen LogP contribution in [0.4, 0.5) is 0 Å². The number of hydrogen-bond acceptors (Lipinski definition) is 1. The zero-order chi connectivity index (χ0) is 15.7. The molecule has 0 aliphatic heterocycles. The minimum absolute atomic E-state index is 0. The van der Waals surface area contributed by atoms with Crippen molar-refractivity contribution in [2.24, 2.45) is 0 Å². The van der Waals surface area contributed by atoms with Gasteiger partial charge in [0, 0.05) is 37.7 Å². The summed E-state index contributed by atoms with van der Waals surface area (Å²) in [7, 11) is 0. The quantitative estimate of drug-likeness (QED) is 0.658. The first-order chi connectivity index (χ1) is 9.90. The fourth-order valence-corrected chi connectivity index (χ4v) is 3.40. The van der Waals surface area contributed by atoms with Crippen LogP contribution >= 0.6 is 0 Å². The number of nitrogens with zero attached hydrogens (tertiary/aromatic N) is 2. The maximum Gasteiger partial charge on any atom is 0.0703 e. The number of benzene rings is 1. The minimum Gasteiger partial charge on any atom is -0.266 e. The molecule has 2 rings (SSSR count). The van der Waals surface area contributed by atoms with Gasteiger partial charge >= 0.3 is 0 Å². The van der Waals surface area contributed by atoms with Gasteiger partial charge < -0.3 is 0 Å². The summed E-state index contributed by atoms with van der Waals surface area (Å²) in [5.74, 6) is 0. The van der Waals surface area contributed by atoms with Crippen LogP contribution in [0.5, 0.6) is 0 Å². The van der Waals surface area contributed by atoms with E-state index in [-0.39, 0.29) is 20.4 Å². The van der Waals surface area contributed by atoms with Gasteiger partial charge in [0.1, 0.15) is 0 Å². The second kappa shape index (κ2) is 7.58. The third kappa shape index (κ3) is 3.37. The topological polar surface area (TPSA) is 17.8 Å². The summed E-state index contributed by atoms with van der Waals surface area (Å²) in [5, 5.41) is 4.90. The zero-order valence-corrected chi connectivity index (χ0v) is 16.4. The Balaban J connectivity index is 0.00000242. The molecule has 124 valence electrons. The van der Waals surface area contributed by atoms with Crippen LogP contribution in [0.1, 0.15) is 61.8 Å². The molecule has 1 aromatic carbocycles. The van der Waals surface area contributed by atoms with E-state index in [0.29, 0.717) is 6.04 Å². The van der Waals surface area contributed by atoms with E-state index in [0.717, 1.165) is 12.8 Å². The van der Waals surface area contributed by atoms with E-state index >= 15 is 0 Å². The van der Waals surface area contributed by atoms with Gasteiger partial charge in [0.2, 0.25) is 0 Å². The molecular weight excluding hydrogens is 363 g/mol. The average Bonchev–Trinajstić information content (AvgIpc) is 2.76. The van der Waals surface area contributed by atoms with Crippen molar-refractivity contribution < 1.29 is 20.4 Å². The Hall–Kier alpha value is -0.908. The van der Waals surface area contributed by atoms with Gasteiger partial charge in [-0.3, -0.25) is 4.68 Å². The summed E-state index contributed by atoms with van der Waals surface area (Å²) in [5.41, 5.74) is 9.43. The summed E-state index contributed by atoms with van der Waals surface area (Å²) in [4.78, 5) is 0. The van der Waals surface area contributed by atoms with Crippen molar-refractivity contribution in [3.05, 3.63) is 40.2 Å². The van der Waals surface area contributed by atoms with Crippen molar-refractivity contribution >= 4 is 0 Å². The van der Waals surface area contributed by atoms with Crippen molar-refractivity contribution in [2.75, 3.05) is 0 Å². The molecule has 0 aliphatic carbocycles. The second-order valence-corrected chi connectivity index (χ2v) is 6.29. The standard InChI is InChI=1S/C19H28N2.Pd/c1-8-16-19(17(9-2)21(20-16)12(3)4)18-14(6)10-13(5)11-15(18)7;/h10-12H,8-9H2,1-7H3;. The van der Waals surface area contributed by atoms with Crippen molar-refractivity contribution in [1.82, 2.24) is 9.78 Å². The van der Waals surface area contributed by atoms with Gasteiger partial charge in [-0.15, -0.1) is 0 Å². The van der Waals surface area contributed by atoms with E-state index in [9.17, 15) is 0 Å². The van der Waals surface area contributed by atoms with Gasteiger partial charge in [0.15, 0.2) is 0 Å². The molecule has 0 atom stereocenters. The van der Waals surface area contributed by atoms with Crippen molar-refractivity contribution in [2.45, 2.75) is 67.3 Å². The molecule has 0 fully saturated rings. The first-order valence-electron chi connectivity index (χ1n) is 8.09. The molecule has 0 radical (unpaired) electrons. The smallest absolute Gasteiger partial charge is 0.0703 e. The van der Waals surface area contributed by atoms with Gasteiger partial charge in [-0.05, 0) is 64.2 Å². The molecule has 0 saturated carbocycles. The maximum absolute atomic E-state index is 4.90. The third-order valence-corrected chi connectivity index (χ3v) is 4.17. The van der Waals surface area contributed by atoms with Crippen LogP contribution in [-0.2, 0) is 33.3 Å². The van der Waals surface area contributed by atoms with Crippen LogP contribution < -0.4 is 0 Å². The van der Waals surface area contributed by atoms with Gasteiger partial charge in [0.25, 0.3) is 0 Å². The minimum atomic E-state index is 0. The average molecular weight is 391 g/mol. The Morgan fingerprint density at radius 3 is 1.91 bits per heavy atom. The number of hydrogen-bond donors (Lipinski definition) is 0. The molecule has 0 unspecified atom stereocenters. The van der Waals surface area contributed by atoms with Crippen molar-refractivity contribution in [1.29, 1.82) is 0 Å². The van der Waals surface area contributed by atoms with E-state index < -0.39 is 0 Å². The van der Waals surface area contributed by atoms with E-state index in [4.69, 9.17) is 5.10 Å². The maximum atomic E-state index is 4.90. The van der Waals surface area contributed by atoms with Crippen LogP contribution in [0, 0.1) is 20.8 Å². The van der Waals surface area contributed by atoms with Gasteiger partial charge in [-0.25, -0.2) is 0 Å². The molecule has 0 bridgehead atoms. The molecule has 0 saturated heterocycles. The zero-order valence-electron chi connectivity index (χ0n) is 14.9. The molecule has 3 heteroatoms. The Labute approximate surface area is 149 Å². The first-order valence-corrected chi connectivity index (χ1v) is 8.09. The predicted octanol–water partition coefficient (Wildman–Crippen LogP) is 5.18. The Morgan fingerprint density at radius 1 is 0.955 bits per heavy atom. The number of aromatic nitrogens is 2. The number of aryl methyl sites for hydroxylation is 4. The summed E-state index contributed by atoms with van der Waals surface area (Å²) >= 11 is 0. The van der Waals surface area contributed by atoms with Crippen LogP contribution in [0.25, 0.3) is 11.1 Å². The van der Waals surface area contributed by atoms with Crippen LogP contribution in [0.3, 0.4) is 0 Å². The molecule has 1 heterocycles. The van der Waals surface area contributed by atoms with E-state index in [2.05, 4.69) is 65.3 Å². The Morgan fingerprint density at radius 2 is 1.50 bits per heavy atom. The molecule has 2 nitrogen and oxygen atoms in total. The Kier molecular flexibility index (Phi) is 6.59. The van der Waals surface area contributed by atoms with Crippen molar-refractivity contribution in [3.63, 3.8) is 0 Å². The summed E-state index contributed by atoms with van der Waals surface area (Å²) < 4.78 is 2.22.